The minimum Gasteiger partial charge on any atom is -0.397 e. The molecule has 2 rings (SSSR count). The molecule has 1 aromatic heterocycles. The van der Waals surface area contributed by atoms with Gasteiger partial charge in [-0.1, -0.05) is 23.2 Å². The van der Waals surface area contributed by atoms with Crippen LogP contribution in [0, 0.1) is 0 Å². The largest absolute Gasteiger partial charge is 0.397 e. The smallest absolute Gasteiger partial charge is 0.127 e. The summed E-state index contributed by atoms with van der Waals surface area (Å²) in [5.41, 5.74) is 7.19. The third-order valence-electron chi connectivity index (χ3n) is 1.46. The van der Waals surface area contributed by atoms with Crippen molar-refractivity contribution >= 4 is 51.7 Å². The fraction of sp³-hybridized carbons (Fsp3) is 0. The highest BCUT2D eigenvalue weighted by Crippen LogP contribution is 2.32. The third-order valence-corrected chi connectivity index (χ3v) is 2.67. The summed E-state index contributed by atoms with van der Waals surface area (Å²) >= 11 is 12.8. The van der Waals surface area contributed by atoms with Crippen molar-refractivity contribution < 1.29 is 0 Å². The summed E-state index contributed by atoms with van der Waals surface area (Å²) in [6, 6.07) is 1.58. The van der Waals surface area contributed by atoms with Gasteiger partial charge in [0.2, 0.25) is 0 Å². The Labute approximate surface area is 82.4 Å². The van der Waals surface area contributed by atoms with Crippen molar-refractivity contribution in [3.63, 3.8) is 0 Å². The van der Waals surface area contributed by atoms with E-state index < -0.39 is 0 Å². The van der Waals surface area contributed by atoms with Crippen molar-refractivity contribution in [1.29, 1.82) is 0 Å². The van der Waals surface area contributed by atoms with Crippen LogP contribution in [-0.2, 0) is 0 Å². The van der Waals surface area contributed by atoms with Crippen LogP contribution in [0.1, 0.15) is 0 Å². The van der Waals surface area contributed by atoms with Gasteiger partial charge in [-0.25, -0.2) is 0 Å². The molecule has 62 valence electrons. The Morgan fingerprint density at radius 3 is 2.67 bits per heavy atom. The lowest BCUT2D eigenvalue weighted by molar-refractivity contribution is 1.63. The molecule has 0 spiro atoms. The number of nitrogens with zero attached hydrogens (tertiary/aromatic N) is 2. The van der Waals surface area contributed by atoms with Gasteiger partial charge >= 0.3 is 0 Å². The van der Waals surface area contributed by atoms with E-state index >= 15 is 0 Å². The van der Waals surface area contributed by atoms with E-state index in [-0.39, 0.29) is 0 Å². The normalized spacial score (nSPS) is 10.8. The van der Waals surface area contributed by atoms with Gasteiger partial charge < -0.3 is 5.73 Å². The molecule has 1 aromatic carbocycles. The van der Waals surface area contributed by atoms with Crippen molar-refractivity contribution in [3.8, 4) is 0 Å². The molecule has 0 amide bonds. The van der Waals surface area contributed by atoms with Crippen LogP contribution >= 0.6 is 34.9 Å². The Kier molecular flexibility index (Phi) is 1.83. The fourth-order valence-corrected chi connectivity index (χ4v) is 2.00. The second kappa shape index (κ2) is 2.73. The van der Waals surface area contributed by atoms with E-state index in [4.69, 9.17) is 28.9 Å². The molecule has 0 saturated carbocycles. The van der Waals surface area contributed by atoms with E-state index in [1.807, 2.05) is 0 Å². The molecule has 0 aliphatic heterocycles. The van der Waals surface area contributed by atoms with Crippen LogP contribution < -0.4 is 5.73 Å². The monoisotopic (exact) mass is 219 g/mol. The van der Waals surface area contributed by atoms with E-state index in [9.17, 15) is 0 Å². The Hall–Kier alpha value is -0.580. The van der Waals surface area contributed by atoms with Crippen LogP contribution in [0.4, 0.5) is 5.69 Å². The van der Waals surface area contributed by atoms with E-state index in [0.29, 0.717) is 26.8 Å². The van der Waals surface area contributed by atoms with Gasteiger partial charge in [-0.15, -0.1) is 0 Å². The van der Waals surface area contributed by atoms with E-state index in [1.165, 1.54) is 0 Å². The lowest BCUT2D eigenvalue weighted by Crippen LogP contribution is -1.87. The molecule has 0 fully saturated rings. The molecule has 2 N–H and O–H groups in total. The number of benzene rings is 1. The standard InChI is InChI=1S/C6H3Cl2N3S/c7-2-1-3(9)4(8)6-5(2)10-12-11-6/h1H,9H2. The summed E-state index contributed by atoms with van der Waals surface area (Å²) in [5, 5.41) is 0.906. The Balaban J connectivity index is 2.97. The highest BCUT2D eigenvalue weighted by molar-refractivity contribution is 7.00. The van der Waals surface area contributed by atoms with Crippen molar-refractivity contribution in [1.82, 2.24) is 8.75 Å². The molecule has 1 heterocycles. The highest BCUT2D eigenvalue weighted by atomic mass is 35.5. The molecule has 0 saturated heterocycles. The van der Waals surface area contributed by atoms with Gasteiger partial charge in [-0.2, -0.15) is 8.75 Å². The lowest BCUT2D eigenvalue weighted by atomic mass is 10.3. The molecule has 0 atom stereocenters. The average Bonchev–Trinajstić information content (AvgIpc) is 2.48. The minimum absolute atomic E-state index is 0.420. The predicted octanol–water partition coefficient (Wildman–Crippen LogP) is 2.58. The number of hydrogen-bond donors (Lipinski definition) is 1. The maximum atomic E-state index is 5.86. The second-order valence-corrected chi connectivity index (χ2v) is 3.54. The minimum atomic E-state index is 0.420. The van der Waals surface area contributed by atoms with Crippen molar-refractivity contribution in [2.75, 3.05) is 5.73 Å². The Morgan fingerprint density at radius 1 is 1.25 bits per heavy atom. The molecule has 0 radical (unpaired) electrons. The molecule has 12 heavy (non-hydrogen) atoms. The lowest BCUT2D eigenvalue weighted by Gasteiger charge is -1.98. The first-order chi connectivity index (χ1) is 5.70. The summed E-state index contributed by atoms with van der Waals surface area (Å²) in [4.78, 5) is 0. The Morgan fingerprint density at radius 2 is 1.92 bits per heavy atom. The van der Waals surface area contributed by atoms with Crippen LogP contribution in [0.25, 0.3) is 11.0 Å². The summed E-state index contributed by atoms with van der Waals surface area (Å²) in [7, 11) is 0. The van der Waals surface area contributed by atoms with Gasteiger partial charge in [-0.3, -0.25) is 0 Å². The van der Waals surface area contributed by atoms with Crippen LogP contribution in [0.15, 0.2) is 6.07 Å². The SMILES string of the molecule is Nc1cc(Cl)c2nsnc2c1Cl. The maximum Gasteiger partial charge on any atom is 0.127 e. The molecular formula is C6H3Cl2N3S. The molecule has 0 unspecified atom stereocenters. The summed E-state index contributed by atoms with van der Waals surface area (Å²) in [6.45, 7) is 0. The van der Waals surface area contributed by atoms with E-state index in [2.05, 4.69) is 8.75 Å². The van der Waals surface area contributed by atoms with Gasteiger partial charge in [-0.05, 0) is 6.07 Å². The molecule has 3 nitrogen and oxygen atoms in total. The number of halogens is 2. The third kappa shape index (κ3) is 1.03. The van der Waals surface area contributed by atoms with Gasteiger partial charge in [0.25, 0.3) is 0 Å². The zero-order valence-electron chi connectivity index (χ0n) is 5.71. The van der Waals surface area contributed by atoms with Gasteiger partial charge in [0.1, 0.15) is 11.0 Å². The molecule has 6 heteroatoms. The number of aromatic nitrogens is 2. The number of fused-ring (bicyclic) bond motifs is 1. The quantitative estimate of drug-likeness (QED) is 0.694. The zero-order valence-corrected chi connectivity index (χ0v) is 8.04. The summed E-state index contributed by atoms with van der Waals surface area (Å²) < 4.78 is 7.95. The predicted molar refractivity (Wildman–Crippen MR) is 51.8 cm³/mol. The van der Waals surface area contributed by atoms with Gasteiger partial charge in [0.15, 0.2) is 0 Å². The van der Waals surface area contributed by atoms with Crippen LogP contribution in [0.2, 0.25) is 10.0 Å². The van der Waals surface area contributed by atoms with E-state index in [0.717, 1.165) is 11.7 Å². The molecule has 2 aromatic rings. The Bertz CT molecular complexity index is 440. The molecular weight excluding hydrogens is 217 g/mol. The summed E-state index contributed by atoms with van der Waals surface area (Å²) in [6.07, 6.45) is 0. The molecule has 0 aliphatic rings. The van der Waals surface area contributed by atoms with Crippen LogP contribution in [0.3, 0.4) is 0 Å². The topological polar surface area (TPSA) is 51.8 Å². The number of anilines is 1. The van der Waals surface area contributed by atoms with Crippen LogP contribution in [-0.4, -0.2) is 8.75 Å². The fourth-order valence-electron chi connectivity index (χ4n) is 0.894. The molecule has 0 bridgehead atoms. The number of nitrogens with two attached hydrogens (primary N) is 1. The number of hydrogen-bond acceptors (Lipinski definition) is 4. The van der Waals surface area contributed by atoms with Crippen molar-refractivity contribution in [2.24, 2.45) is 0 Å². The number of rotatable bonds is 0. The second-order valence-electron chi connectivity index (χ2n) is 2.22. The van der Waals surface area contributed by atoms with Gasteiger partial charge in [0, 0.05) is 0 Å². The van der Waals surface area contributed by atoms with Crippen LogP contribution in [0.5, 0.6) is 0 Å². The van der Waals surface area contributed by atoms with Crippen molar-refractivity contribution in [3.05, 3.63) is 16.1 Å². The first kappa shape index (κ1) is 8.04. The maximum absolute atomic E-state index is 5.86. The van der Waals surface area contributed by atoms with Crippen molar-refractivity contribution in [2.45, 2.75) is 0 Å². The van der Waals surface area contributed by atoms with Gasteiger partial charge in [0.05, 0.1) is 27.5 Å². The van der Waals surface area contributed by atoms with E-state index in [1.54, 1.807) is 6.07 Å². The zero-order chi connectivity index (χ0) is 8.72. The number of nitrogen functional groups attached to an aromatic ring is 1. The highest BCUT2D eigenvalue weighted by Gasteiger charge is 2.10. The first-order valence-electron chi connectivity index (χ1n) is 3.06. The molecule has 0 aliphatic carbocycles. The first-order valence-corrected chi connectivity index (χ1v) is 4.54. The average molecular weight is 220 g/mol. The summed E-state index contributed by atoms with van der Waals surface area (Å²) in [5.74, 6) is 0.